The van der Waals surface area contributed by atoms with Crippen molar-refractivity contribution in [1.29, 1.82) is 0 Å². The van der Waals surface area contributed by atoms with Crippen LogP contribution in [0.1, 0.15) is 32.3 Å². The molecule has 0 aliphatic carbocycles. The van der Waals surface area contributed by atoms with Crippen molar-refractivity contribution < 1.29 is 26.4 Å². The zero-order valence-electron chi connectivity index (χ0n) is 15.5. The molecular formula is C22H16F3NO3S. The molecule has 0 bridgehead atoms. The summed E-state index contributed by atoms with van der Waals surface area (Å²) < 4.78 is 66.8. The highest BCUT2D eigenvalue weighted by atomic mass is 32.2. The predicted octanol–water partition coefficient (Wildman–Crippen LogP) is 4.98. The summed E-state index contributed by atoms with van der Waals surface area (Å²) in [6.45, 7) is 0.00456. The van der Waals surface area contributed by atoms with E-state index in [0.717, 1.165) is 34.1 Å². The number of para-hydroxylation sites is 1. The quantitative estimate of drug-likeness (QED) is 0.588. The lowest BCUT2D eigenvalue weighted by Crippen LogP contribution is -2.42. The van der Waals surface area contributed by atoms with Crippen molar-refractivity contribution in [2.24, 2.45) is 0 Å². The number of ketones is 1. The van der Waals surface area contributed by atoms with Crippen LogP contribution in [0.2, 0.25) is 0 Å². The number of hydrogen-bond acceptors (Lipinski definition) is 3. The molecule has 0 N–H and O–H groups in total. The van der Waals surface area contributed by atoms with Gasteiger partial charge in [-0.25, -0.2) is 8.42 Å². The van der Waals surface area contributed by atoms with E-state index >= 15 is 0 Å². The third-order valence-corrected chi connectivity index (χ3v) is 7.01. The number of sulfonamides is 1. The second kappa shape index (κ2) is 7.28. The number of nitrogens with zero attached hydrogens (tertiary/aromatic N) is 1. The molecule has 0 spiro atoms. The van der Waals surface area contributed by atoms with Gasteiger partial charge in [-0.1, -0.05) is 54.6 Å². The molecule has 1 aliphatic rings. The third-order valence-electron chi connectivity index (χ3n) is 4.99. The molecule has 3 aromatic rings. The summed E-state index contributed by atoms with van der Waals surface area (Å²) in [7, 11) is -4.22. The number of carbonyl (C=O) groups is 1. The SMILES string of the molecule is O=C1c2ccccc2N(Cc2ccccc2)S(=O)(=O)C1c1ccc(C(F)(F)F)cc1. The maximum absolute atomic E-state index is 13.5. The zero-order chi connectivity index (χ0) is 21.5. The monoisotopic (exact) mass is 431 g/mol. The molecule has 4 nitrogen and oxygen atoms in total. The Kier molecular flexibility index (Phi) is 4.89. The standard InChI is InChI=1S/C22H16F3NO3S/c23-22(24,25)17-12-10-16(11-13-17)21-20(27)18-8-4-5-9-19(18)26(30(21,28)29)14-15-6-2-1-3-7-15/h1-13,21H,14H2. The van der Waals surface area contributed by atoms with Crippen LogP contribution in [0.3, 0.4) is 0 Å². The van der Waals surface area contributed by atoms with Crippen LogP contribution in [0, 0.1) is 0 Å². The van der Waals surface area contributed by atoms with Crippen LogP contribution < -0.4 is 4.31 Å². The van der Waals surface area contributed by atoms with Crippen molar-refractivity contribution in [2.75, 3.05) is 4.31 Å². The van der Waals surface area contributed by atoms with Gasteiger partial charge in [0.1, 0.15) is 0 Å². The summed E-state index contributed by atoms with van der Waals surface area (Å²) in [4.78, 5) is 13.1. The summed E-state index contributed by atoms with van der Waals surface area (Å²) in [6, 6.07) is 18.9. The molecular weight excluding hydrogens is 415 g/mol. The van der Waals surface area contributed by atoms with Crippen molar-refractivity contribution in [3.63, 3.8) is 0 Å². The number of carbonyl (C=O) groups excluding carboxylic acids is 1. The van der Waals surface area contributed by atoms with E-state index in [4.69, 9.17) is 0 Å². The summed E-state index contributed by atoms with van der Waals surface area (Å²) in [5, 5.41) is -1.61. The fourth-order valence-electron chi connectivity index (χ4n) is 3.53. The van der Waals surface area contributed by atoms with Crippen LogP contribution in [-0.2, 0) is 22.7 Å². The Morgan fingerprint density at radius 2 is 1.43 bits per heavy atom. The number of rotatable bonds is 3. The number of halogens is 3. The minimum atomic E-state index is -4.56. The van der Waals surface area contributed by atoms with Crippen LogP contribution in [0.25, 0.3) is 0 Å². The van der Waals surface area contributed by atoms with Crippen molar-refractivity contribution in [2.45, 2.75) is 18.0 Å². The van der Waals surface area contributed by atoms with Crippen molar-refractivity contribution >= 4 is 21.5 Å². The Morgan fingerprint density at radius 3 is 2.07 bits per heavy atom. The maximum Gasteiger partial charge on any atom is 0.416 e. The van der Waals surface area contributed by atoms with Gasteiger partial charge in [0, 0.05) is 5.56 Å². The van der Waals surface area contributed by atoms with E-state index < -0.39 is 32.8 Å². The van der Waals surface area contributed by atoms with Gasteiger partial charge >= 0.3 is 6.18 Å². The molecule has 0 fully saturated rings. The highest BCUT2D eigenvalue weighted by Crippen LogP contribution is 2.41. The molecule has 0 saturated heterocycles. The van der Waals surface area contributed by atoms with E-state index in [-0.39, 0.29) is 23.4 Å². The third kappa shape index (κ3) is 3.47. The first-order valence-electron chi connectivity index (χ1n) is 9.05. The lowest BCUT2D eigenvalue weighted by Gasteiger charge is -2.35. The molecule has 154 valence electrons. The highest BCUT2D eigenvalue weighted by Gasteiger charge is 2.45. The van der Waals surface area contributed by atoms with Gasteiger partial charge in [-0.05, 0) is 35.4 Å². The van der Waals surface area contributed by atoms with Gasteiger partial charge in [-0.2, -0.15) is 13.2 Å². The highest BCUT2D eigenvalue weighted by molar-refractivity contribution is 7.93. The fraction of sp³-hybridized carbons (Fsp3) is 0.136. The van der Waals surface area contributed by atoms with Crippen LogP contribution in [0.15, 0.2) is 78.9 Å². The smallest absolute Gasteiger partial charge is 0.292 e. The first-order chi connectivity index (χ1) is 14.2. The van der Waals surface area contributed by atoms with E-state index in [1.807, 2.05) is 0 Å². The van der Waals surface area contributed by atoms with Gasteiger partial charge in [-0.3, -0.25) is 9.10 Å². The molecule has 1 atom stereocenters. The summed E-state index contributed by atoms with van der Waals surface area (Å²) >= 11 is 0. The Hall–Kier alpha value is -3.13. The van der Waals surface area contributed by atoms with E-state index in [1.54, 1.807) is 48.5 Å². The van der Waals surface area contributed by atoms with E-state index in [2.05, 4.69) is 0 Å². The van der Waals surface area contributed by atoms with Gasteiger partial charge < -0.3 is 0 Å². The van der Waals surface area contributed by atoms with Crippen molar-refractivity contribution in [3.8, 4) is 0 Å². The number of hydrogen-bond donors (Lipinski definition) is 0. The van der Waals surface area contributed by atoms with Crippen LogP contribution >= 0.6 is 0 Å². The predicted molar refractivity (Wildman–Crippen MR) is 107 cm³/mol. The molecule has 1 unspecified atom stereocenters. The van der Waals surface area contributed by atoms with E-state index in [9.17, 15) is 26.4 Å². The fourth-order valence-corrected chi connectivity index (χ4v) is 5.45. The second-order valence-corrected chi connectivity index (χ2v) is 8.86. The van der Waals surface area contributed by atoms with Gasteiger partial charge in [0.05, 0.1) is 17.8 Å². The first-order valence-corrected chi connectivity index (χ1v) is 10.6. The normalized spacial score (nSPS) is 18.2. The van der Waals surface area contributed by atoms with Gasteiger partial charge in [0.15, 0.2) is 11.0 Å². The van der Waals surface area contributed by atoms with Gasteiger partial charge in [0.2, 0.25) is 10.0 Å². The zero-order valence-corrected chi connectivity index (χ0v) is 16.3. The Labute approximate surface area is 171 Å². The molecule has 0 amide bonds. The Balaban J connectivity index is 1.83. The molecule has 0 aromatic heterocycles. The maximum atomic E-state index is 13.5. The summed E-state index contributed by atoms with van der Waals surface area (Å²) in [5.74, 6) is -0.658. The summed E-state index contributed by atoms with van der Waals surface area (Å²) in [6.07, 6.45) is -4.56. The van der Waals surface area contributed by atoms with Gasteiger partial charge in [0.25, 0.3) is 0 Å². The molecule has 0 saturated carbocycles. The average molecular weight is 431 g/mol. The van der Waals surface area contributed by atoms with Crippen molar-refractivity contribution in [3.05, 3.63) is 101 Å². The average Bonchev–Trinajstić information content (AvgIpc) is 2.71. The number of fused-ring (bicyclic) bond motifs is 1. The molecule has 8 heteroatoms. The number of benzene rings is 3. The second-order valence-electron chi connectivity index (χ2n) is 6.92. The first kappa shape index (κ1) is 20.2. The molecule has 0 radical (unpaired) electrons. The molecule has 1 heterocycles. The molecule has 30 heavy (non-hydrogen) atoms. The number of anilines is 1. The van der Waals surface area contributed by atoms with Gasteiger partial charge in [-0.15, -0.1) is 0 Å². The molecule has 1 aliphatic heterocycles. The Morgan fingerprint density at radius 1 is 0.833 bits per heavy atom. The molecule has 4 rings (SSSR count). The van der Waals surface area contributed by atoms with E-state index in [0.29, 0.717) is 0 Å². The van der Waals surface area contributed by atoms with Crippen molar-refractivity contribution in [1.82, 2.24) is 0 Å². The van der Waals surface area contributed by atoms with Crippen LogP contribution in [0.4, 0.5) is 18.9 Å². The number of alkyl halides is 3. The minimum Gasteiger partial charge on any atom is -0.292 e. The van der Waals surface area contributed by atoms with Crippen LogP contribution in [0.5, 0.6) is 0 Å². The Bertz CT molecular complexity index is 1190. The largest absolute Gasteiger partial charge is 0.416 e. The molecule has 3 aromatic carbocycles. The lowest BCUT2D eigenvalue weighted by atomic mass is 9.99. The number of Topliss-reactive ketones (excluding diaryl/α,β-unsaturated/α-hetero) is 1. The minimum absolute atomic E-state index is 0.000523. The van der Waals surface area contributed by atoms with E-state index in [1.165, 1.54) is 6.07 Å². The lowest BCUT2D eigenvalue weighted by molar-refractivity contribution is -0.137. The topological polar surface area (TPSA) is 54.5 Å². The summed E-state index contributed by atoms with van der Waals surface area (Å²) in [5.41, 5.74) is 0.285. The van der Waals surface area contributed by atoms with Crippen LogP contribution in [-0.4, -0.2) is 14.2 Å².